The maximum Gasteiger partial charge on any atom is 0.251 e. The van der Waals surface area contributed by atoms with Crippen LogP contribution in [0, 0.1) is 0 Å². The predicted octanol–water partition coefficient (Wildman–Crippen LogP) is 2.11. The van der Waals surface area contributed by atoms with Crippen LogP contribution in [0.5, 0.6) is 5.75 Å². The van der Waals surface area contributed by atoms with Gasteiger partial charge in [0.2, 0.25) is 5.91 Å². The summed E-state index contributed by atoms with van der Waals surface area (Å²) < 4.78 is 5.10. The Morgan fingerprint density at radius 1 is 1.10 bits per heavy atom. The van der Waals surface area contributed by atoms with Gasteiger partial charge < -0.3 is 26.0 Å². The number of amides is 2. The fourth-order valence-corrected chi connectivity index (χ4v) is 3.41. The Labute approximate surface area is 182 Å². The molecule has 164 valence electrons. The van der Waals surface area contributed by atoms with Crippen LogP contribution in [-0.4, -0.2) is 51.1 Å². The second-order valence-electron chi connectivity index (χ2n) is 7.17. The monoisotopic (exact) mass is 423 g/mol. The Hall–Kier alpha value is -3.55. The van der Waals surface area contributed by atoms with Crippen LogP contribution in [0.3, 0.4) is 0 Å². The van der Waals surface area contributed by atoms with Crippen molar-refractivity contribution in [3.8, 4) is 5.75 Å². The minimum Gasteiger partial charge on any atom is -0.497 e. The number of aliphatic imine (C=N–C) groups is 1. The van der Waals surface area contributed by atoms with Gasteiger partial charge in [0.25, 0.3) is 5.91 Å². The molecule has 0 aliphatic carbocycles. The van der Waals surface area contributed by atoms with E-state index in [1.165, 1.54) is 0 Å². The average molecular weight is 424 g/mol. The Kier molecular flexibility index (Phi) is 7.86. The third-order valence-corrected chi connectivity index (χ3v) is 4.98. The average Bonchev–Trinajstić information content (AvgIpc) is 2.79. The summed E-state index contributed by atoms with van der Waals surface area (Å²) in [5, 5.41) is 12.2. The van der Waals surface area contributed by atoms with Gasteiger partial charge in [0, 0.05) is 43.2 Å². The molecule has 2 aromatic carbocycles. The van der Waals surface area contributed by atoms with Crippen molar-refractivity contribution in [1.82, 2.24) is 16.0 Å². The van der Waals surface area contributed by atoms with Crippen molar-refractivity contribution in [2.24, 2.45) is 4.99 Å². The molecule has 0 radical (unpaired) electrons. The highest BCUT2D eigenvalue weighted by atomic mass is 16.5. The van der Waals surface area contributed by atoms with Crippen LogP contribution in [0.4, 0.5) is 5.69 Å². The van der Waals surface area contributed by atoms with Crippen LogP contribution < -0.4 is 26.0 Å². The SMILES string of the molecule is CCNC(=NCC1CC(=O)Nc2ccccc21)NCCNC(=O)c1ccc(OC)cc1. The van der Waals surface area contributed by atoms with Crippen molar-refractivity contribution in [2.45, 2.75) is 19.3 Å². The molecule has 1 atom stereocenters. The number of nitrogens with one attached hydrogen (secondary N) is 4. The molecule has 0 bridgehead atoms. The lowest BCUT2D eigenvalue weighted by Crippen LogP contribution is -2.41. The van der Waals surface area contributed by atoms with Gasteiger partial charge in [-0.2, -0.15) is 0 Å². The standard InChI is InChI=1S/C23H29N5O3/c1-3-24-23(26-13-12-25-22(30)16-8-10-18(31-2)11-9-16)27-15-17-14-21(29)28-20-7-5-4-6-19(17)20/h4-11,17H,3,12-15H2,1-2H3,(H,25,30)(H,28,29)(H2,24,26,27). The number of anilines is 1. The zero-order valence-electron chi connectivity index (χ0n) is 17.9. The van der Waals surface area contributed by atoms with Gasteiger partial charge in [0.15, 0.2) is 5.96 Å². The van der Waals surface area contributed by atoms with Crippen molar-refractivity contribution in [2.75, 3.05) is 38.6 Å². The summed E-state index contributed by atoms with van der Waals surface area (Å²) in [5.41, 5.74) is 2.54. The summed E-state index contributed by atoms with van der Waals surface area (Å²) in [6.45, 7) is 4.18. The molecule has 0 saturated heterocycles. The van der Waals surface area contributed by atoms with Gasteiger partial charge in [0.1, 0.15) is 5.75 Å². The van der Waals surface area contributed by atoms with Crippen LogP contribution in [0.2, 0.25) is 0 Å². The normalized spacial score (nSPS) is 15.5. The Balaban J connectivity index is 1.51. The Morgan fingerprint density at radius 2 is 1.84 bits per heavy atom. The van der Waals surface area contributed by atoms with Gasteiger partial charge in [-0.15, -0.1) is 0 Å². The van der Waals surface area contributed by atoms with E-state index >= 15 is 0 Å². The van der Waals surface area contributed by atoms with Gasteiger partial charge in [-0.3, -0.25) is 14.6 Å². The van der Waals surface area contributed by atoms with E-state index in [9.17, 15) is 9.59 Å². The molecule has 0 saturated carbocycles. The number of ether oxygens (including phenoxy) is 1. The quantitative estimate of drug-likeness (QED) is 0.296. The van der Waals surface area contributed by atoms with Crippen molar-refractivity contribution in [1.29, 1.82) is 0 Å². The predicted molar refractivity (Wildman–Crippen MR) is 122 cm³/mol. The number of carbonyl (C=O) groups is 2. The second kappa shape index (κ2) is 11.0. The van der Waals surface area contributed by atoms with Crippen molar-refractivity contribution >= 4 is 23.5 Å². The van der Waals surface area contributed by atoms with E-state index < -0.39 is 0 Å². The lowest BCUT2D eigenvalue weighted by Gasteiger charge is -2.24. The largest absolute Gasteiger partial charge is 0.497 e. The molecule has 3 rings (SSSR count). The van der Waals surface area contributed by atoms with Gasteiger partial charge >= 0.3 is 0 Å². The zero-order chi connectivity index (χ0) is 22.1. The van der Waals surface area contributed by atoms with Crippen molar-refractivity contribution in [3.05, 3.63) is 59.7 Å². The molecule has 1 heterocycles. The molecule has 0 fully saturated rings. The van der Waals surface area contributed by atoms with Crippen LogP contribution >= 0.6 is 0 Å². The number of methoxy groups -OCH3 is 1. The molecule has 31 heavy (non-hydrogen) atoms. The number of carbonyl (C=O) groups excluding carboxylic acids is 2. The minimum atomic E-state index is -0.142. The van der Waals surface area contributed by atoms with Gasteiger partial charge in [-0.1, -0.05) is 18.2 Å². The first-order valence-corrected chi connectivity index (χ1v) is 10.4. The number of para-hydroxylation sites is 1. The highest BCUT2D eigenvalue weighted by Crippen LogP contribution is 2.31. The summed E-state index contributed by atoms with van der Waals surface area (Å²) >= 11 is 0. The van der Waals surface area contributed by atoms with Gasteiger partial charge in [0.05, 0.1) is 13.7 Å². The van der Waals surface area contributed by atoms with E-state index in [1.54, 1.807) is 31.4 Å². The van der Waals surface area contributed by atoms with Crippen LogP contribution in [0.1, 0.15) is 35.2 Å². The Morgan fingerprint density at radius 3 is 2.58 bits per heavy atom. The third kappa shape index (κ3) is 6.21. The number of nitrogens with zero attached hydrogens (tertiary/aromatic N) is 1. The fraction of sp³-hybridized carbons (Fsp3) is 0.348. The van der Waals surface area contributed by atoms with E-state index in [1.807, 2.05) is 31.2 Å². The van der Waals surface area contributed by atoms with Crippen molar-refractivity contribution < 1.29 is 14.3 Å². The molecule has 0 spiro atoms. The fourth-order valence-electron chi connectivity index (χ4n) is 3.41. The lowest BCUT2D eigenvalue weighted by molar-refractivity contribution is -0.116. The molecule has 1 aliphatic rings. The molecule has 8 nitrogen and oxygen atoms in total. The molecular weight excluding hydrogens is 394 g/mol. The Bertz CT molecular complexity index is 927. The molecule has 2 amide bonds. The summed E-state index contributed by atoms with van der Waals surface area (Å²) in [6.07, 6.45) is 0.415. The first-order valence-electron chi connectivity index (χ1n) is 10.4. The molecule has 2 aromatic rings. The summed E-state index contributed by atoms with van der Waals surface area (Å²) in [6, 6.07) is 14.8. The smallest absolute Gasteiger partial charge is 0.251 e. The molecular formula is C23H29N5O3. The maximum atomic E-state index is 12.2. The lowest BCUT2D eigenvalue weighted by atomic mass is 9.91. The van der Waals surface area contributed by atoms with Crippen molar-refractivity contribution in [3.63, 3.8) is 0 Å². The molecule has 0 aromatic heterocycles. The van der Waals surface area contributed by atoms with E-state index in [0.717, 1.165) is 11.3 Å². The molecule has 4 N–H and O–H groups in total. The highest BCUT2D eigenvalue weighted by Gasteiger charge is 2.24. The molecule has 1 unspecified atom stereocenters. The first kappa shape index (κ1) is 22.1. The number of guanidine groups is 1. The number of hydrogen-bond acceptors (Lipinski definition) is 4. The van der Waals surface area contributed by atoms with E-state index in [4.69, 9.17) is 4.74 Å². The van der Waals surface area contributed by atoms with Crippen LogP contribution in [-0.2, 0) is 4.79 Å². The number of hydrogen-bond donors (Lipinski definition) is 4. The number of fused-ring (bicyclic) bond motifs is 1. The zero-order valence-corrected chi connectivity index (χ0v) is 17.9. The highest BCUT2D eigenvalue weighted by molar-refractivity contribution is 5.95. The van der Waals surface area contributed by atoms with Crippen LogP contribution in [0.25, 0.3) is 0 Å². The second-order valence-corrected chi connectivity index (χ2v) is 7.17. The molecule has 8 heteroatoms. The molecule has 1 aliphatic heterocycles. The first-order chi connectivity index (χ1) is 15.1. The van der Waals surface area contributed by atoms with E-state index in [-0.39, 0.29) is 17.7 Å². The topological polar surface area (TPSA) is 104 Å². The van der Waals surface area contributed by atoms with Gasteiger partial charge in [-0.05, 0) is 42.8 Å². The van der Waals surface area contributed by atoms with E-state index in [2.05, 4.69) is 26.3 Å². The summed E-state index contributed by atoms with van der Waals surface area (Å²) in [7, 11) is 1.59. The van der Waals surface area contributed by atoms with E-state index in [0.29, 0.717) is 49.9 Å². The minimum absolute atomic E-state index is 0.0121. The van der Waals surface area contributed by atoms with Gasteiger partial charge in [-0.25, -0.2) is 0 Å². The number of rotatable bonds is 8. The maximum absolute atomic E-state index is 12.2. The van der Waals surface area contributed by atoms with Crippen LogP contribution in [0.15, 0.2) is 53.5 Å². The number of benzene rings is 2. The summed E-state index contributed by atoms with van der Waals surface area (Å²) in [4.78, 5) is 28.9. The summed E-state index contributed by atoms with van der Waals surface area (Å²) in [5.74, 6) is 1.27. The third-order valence-electron chi connectivity index (χ3n) is 4.98.